The maximum Gasteiger partial charge on any atom is 0.126 e. The van der Waals surface area contributed by atoms with Crippen LogP contribution in [0.2, 0.25) is 0 Å². The summed E-state index contributed by atoms with van der Waals surface area (Å²) in [5, 5.41) is 3.19. The lowest BCUT2D eigenvalue weighted by Crippen LogP contribution is -2.26. The van der Waals surface area contributed by atoms with Crippen molar-refractivity contribution in [1.29, 1.82) is 0 Å². The predicted molar refractivity (Wildman–Crippen MR) is 76.5 cm³/mol. The molecule has 1 aromatic rings. The third kappa shape index (κ3) is 2.90. The van der Waals surface area contributed by atoms with Gasteiger partial charge in [0, 0.05) is 39.0 Å². The van der Waals surface area contributed by atoms with Crippen molar-refractivity contribution in [2.75, 3.05) is 38.7 Å². The van der Waals surface area contributed by atoms with Crippen LogP contribution in [0.25, 0.3) is 0 Å². The lowest BCUT2D eigenvalue weighted by molar-refractivity contribution is 0.140. The first kappa shape index (κ1) is 12.9. The van der Waals surface area contributed by atoms with Crippen molar-refractivity contribution in [3.05, 3.63) is 22.9 Å². The third-order valence-corrected chi connectivity index (χ3v) is 4.11. The van der Waals surface area contributed by atoms with E-state index in [0.717, 1.165) is 51.5 Å². The molecule has 0 spiro atoms. The summed E-state index contributed by atoms with van der Waals surface area (Å²) < 4.78 is 5.53. The lowest BCUT2D eigenvalue weighted by atomic mass is 10.1. The van der Waals surface area contributed by atoms with Gasteiger partial charge in [-0.05, 0) is 42.9 Å². The van der Waals surface area contributed by atoms with Crippen molar-refractivity contribution in [3.63, 3.8) is 0 Å². The molecule has 104 valence electrons. The van der Waals surface area contributed by atoms with Crippen LogP contribution in [0.4, 0.5) is 5.82 Å². The number of ether oxygens (including phenoxy) is 1. The van der Waals surface area contributed by atoms with Gasteiger partial charge in [0.05, 0.1) is 6.61 Å². The fourth-order valence-electron chi connectivity index (χ4n) is 3.09. The van der Waals surface area contributed by atoms with Gasteiger partial charge in [-0.15, -0.1) is 0 Å². The number of aryl methyl sites for hydroxylation is 1. The van der Waals surface area contributed by atoms with Crippen LogP contribution in [-0.4, -0.2) is 43.2 Å². The largest absolute Gasteiger partial charge is 0.380 e. The first-order valence-corrected chi connectivity index (χ1v) is 7.36. The van der Waals surface area contributed by atoms with E-state index in [9.17, 15) is 0 Å². The Morgan fingerprint density at radius 2 is 2.21 bits per heavy atom. The quantitative estimate of drug-likeness (QED) is 0.901. The average molecular weight is 261 g/mol. The highest BCUT2D eigenvalue weighted by Crippen LogP contribution is 2.27. The minimum absolute atomic E-state index is 0.867. The van der Waals surface area contributed by atoms with Crippen LogP contribution < -0.4 is 5.32 Å². The van der Waals surface area contributed by atoms with Crippen LogP contribution in [-0.2, 0) is 24.1 Å². The molecule has 19 heavy (non-hydrogen) atoms. The van der Waals surface area contributed by atoms with Crippen molar-refractivity contribution < 1.29 is 4.74 Å². The molecular formula is C15H23N3O. The van der Waals surface area contributed by atoms with Crippen molar-refractivity contribution in [1.82, 2.24) is 9.88 Å². The van der Waals surface area contributed by atoms with E-state index in [1.165, 1.54) is 29.7 Å². The van der Waals surface area contributed by atoms with Crippen molar-refractivity contribution >= 4 is 5.82 Å². The van der Waals surface area contributed by atoms with E-state index >= 15 is 0 Å². The Balaban J connectivity index is 1.81. The number of anilines is 1. The van der Waals surface area contributed by atoms with E-state index in [4.69, 9.17) is 4.74 Å². The molecule has 0 atom stereocenters. The summed E-state index contributed by atoms with van der Waals surface area (Å²) in [7, 11) is 1.95. The highest BCUT2D eigenvalue weighted by molar-refractivity contribution is 5.45. The van der Waals surface area contributed by atoms with E-state index in [-0.39, 0.29) is 0 Å². The summed E-state index contributed by atoms with van der Waals surface area (Å²) >= 11 is 0. The van der Waals surface area contributed by atoms with Crippen LogP contribution in [0, 0.1) is 0 Å². The first-order valence-electron chi connectivity index (χ1n) is 7.36. The number of fused-ring (bicyclic) bond motifs is 1. The van der Waals surface area contributed by atoms with Gasteiger partial charge < -0.3 is 10.1 Å². The third-order valence-electron chi connectivity index (χ3n) is 4.11. The number of hydrogen-bond donors (Lipinski definition) is 1. The number of rotatable bonds is 3. The van der Waals surface area contributed by atoms with Gasteiger partial charge in [0.1, 0.15) is 5.82 Å². The monoisotopic (exact) mass is 261 g/mol. The first-order chi connectivity index (χ1) is 9.36. The minimum Gasteiger partial charge on any atom is -0.380 e. The van der Waals surface area contributed by atoms with Crippen LogP contribution in [0.5, 0.6) is 0 Å². The van der Waals surface area contributed by atoms with Crippen molar-refractivity contribution in [3.8, 4) is 0 Å². The van der Waals surface area contributed by atoms with E-state index in [2.05, 4.69) is 21.3 Å². The Kier molecular flexibility index (Phi) is 3.99. The zero-order valence-electron chi connectivity index (χ0n) is 11.7. The normalized spacial score (nSPS) is 20.1. The number of hydrogen-bond acceptors (Lipinski definition) is 4. The molecule has 2 aliphatic rings. The molecule has 3 rings (SSSR count). The molecule has 0 amide bonds. The second kappa shape index (κ2) is 5.88. The Labute approximate surface area is 115 Å². The summed E-state index contributed by atoms with van der Waals surface area (Å²) in [6.45, 7) is 5.01. The molecule has 2 heterocycles. The van der Waals surface area contributed by atoms with Crippen LogP contribution in [0.3, 0.4) is 0 Å². The Morgan fingerprint density at radius 3 is 3.11 bits per heavy atom. The number of pyridine rings is 1. The topological polar surface area (TPSA) is 37.4 Å². The molecule has 1 aromatic heterocycles. The van der Waals surface area contributed by atoms with Gasteiger partial charge in [0.25, 0.3) is 0 Å². The van der Waals surface area contributed by atoms with Gasteiger partial charge in [-0.2, -0.15) is 0 Å². The molecule has 4 nitrogen and oxygen atoms in total. The SMILES string of the molecule is CNc1cc(CN2CCCOCC2)c2c(n1)CCC2. The van der Waals surface area contributed by atoms with E-state index < -0.39 is 0 Å². The van der Waals surface area contributed by atoms with E-state index in [1.54, 1.807) is 0 Å². The minimum atomic E-state index is 0.867. The smallest absolute Gasteiger partial charge is 0.126 e. The molecule has 1 N–H and O–H groups in total. The number of aromatic nitrogens is 1. The molecule has 1 aliphatic carbocycles. The molecule has 0 saturated carbocycles. The second-order valence-electron chi connectivity index (χ2n) is 5.44. The molecule has 0 aromatic carbocycles. The molecule has 1 saturated heterocycles. The summed E-state index contributed by atoms with van der Waals surface area (Å²) in [5.74, 6) is 1.02. The molecule has 0 bridgehead atoms. The van der Waals surface area contributed by atoms with Gasteiger partial charge in [-0.25, -0.2) is 4.98 Å². The van der Waals surface area contributed by atoms with Gasteiger partial charge in [-0.3, -0.25) is 4.90 Å². The van der Waals surface area contributed by atoms with Crippen LogP contribution in [0.1, 0.15) is 29.7 Å². The molecule has 0 radical (unpaired) electrons. The zero-order valence-corrected chi connectivity index (χ0v) is 11.7. The molecule has 4 heteroatoms. The molecule has 1 fully saturated rings. The summed E-state index contributed by atoms with van der Waals surface area (Å²) in [6.07, 6.45) is 4.74. The van der Waals surface area contributed by atoms with Gasteiger partial charge in [-0.1, -0.05) is 0 Å². The maximum atomic E-state index is 5.53. The summed E-state index contributed by atoms with van der Waals surface area (Å²) in [5.41, 5.74) is 4.28. The fourth-order valence-corrected chi connectivity index (χ4v) is 3.09. The van der Waals surface area contributed by atoms with Crippen molar-refractivity contribution in [2.24, 2.45) is 0 Å². The highest BCUT2D eigenvalue weighted by Gasteiger charge is 2.19. The molecular weight excluding hydrogens is 238 g/mol. The van der Waals surface area contributed by atoms with Gasteiger partial charge in [0.15, 0.2) is 0 Å². The fraction of sp³-hybridized carbons (Fsp3) is 0.667. The maximum absolute atomic E-state index is 5.53. The number of nitrogens with one attached hydrogen (secondary N) is 1. The van der Waals surface area contributed by atoms with E-state index in [1.807, 2.05) is 7.05 Å². The van der Waals surface area contributed by atoms with Gasteiger partial charge in [0.2, 0.25) is 0 Å². The zero-order chi connectivity index (χ0) is 13.1. The Bertz CT molecular complexity index is 439. The Morgan fingerprint density at radius 1 is 1.26 bits per heavy atom. The highest BCUT2D eigenvalue weighted by atomic mass is 16.5. The number of nitrogens with zero attached hydrogens (tertiary/aromatic N) is 2. The van der Waals surface area contributed by atoms with Crippen LogP contribution >= 0.6 is 0 Å². The summed E-state index contributed by atoms with van der Waals surface area (Å²) in [6, 6.07) is 2.23. The predicted octanol–water partition coefficient (Wildman–Crippen LogP) is 1.83. The van der Waals surface area contributed by atoms with Crippen LogP contribution in [0.15, 0.2) is 6.07 Å². The average Bonchev–Trinajstić information content (AvgIpc) is 2.76. The van der Waals surface area contributed by atoms with Crippen molar-refractivity contribution in [2.45, 2.75) is 32.2 Å². The van der Waals surface area contributed by atoms with Gasteiger partial charge >= 0.3 is 0 Å². The summed E-state index contributed by atoms with van der Waals surface area (Å²) in [4.78, 5) is 7.20. The van der Waals surface area contributed by atoms with E-state index in [0.29, 0.717) is 0 Å². The molecule has 0 unspecified atom stereocenters. The lowest BCUT2D eigenvalue weighted by Gasteiger charge is -2.21. The molecule has 1 aliphatic heterocycles. The standard InChI is InChI=1S/C15H23N3O/c1-16-15-10-12(13-4-2-5-14(13)17-15)11-18-6-3-8-19-9-7-18/h10H,2-9,11H2,1H3,(H,16,17). The Hall–Kier alpha value is -1.13. The second-order valence-corrected chi connectivity index (χ2v) is 5.44.